The Kier molecular flexibility index (Phi) is 4.01. The zero-order valence-corrected chi connectivity index (χ0v) is 11.8. The third-order valence-electron chi connectivity index (χ3n) is 2.83. The first-order chi connectivity index (χ1) is 9.08. The molecule has 106 valence electrons. The van der Waals surface area contributed by atoms with Gasteiger partial charge in [-0.2, -0.15) is 8.78 Å². The summed E-state index contributed by atoms with van der Waals surface area (Å²) in [5.41, 5.74) is 0.845. The highest BCUT2D eigenvalue weighted by atomic mass is 35.5. The van der Waals surface area contributed by atoms with Crippen LogP contribution in [0.2, 0.25) is 5.15 Å². The SMILES string of the molecule is Cc1ccc(Cl)[n+](-c2cc3c(c(F)c2F)OCO3)c1.[Cl-]. The van der Waals surface area contributed by atoms with Crippen molar-refractivity contribution in [2.75, 3.05) is 6.79 Å². The minimum absolute atomic E-state index is 0. The normalized spacial score (nSPS) is 12.2. The molecule has 2 heterocycles. The van der Waals surface area contributed by atoms with E-state index in [0.29, 0.717) is 0 Å². The van der Waals surface area contributed by atoms with Crippen molar-refractivity contribution in [2.45, 2.75) is 6.92 Å². The Morgan fingerprint density at radius 1 is 1.20 bits per heavy atom. The summed E-state index contributed by atoms with van der Waals surface area (Å²) in [7, 11) is 0. The number of hydrogen-bond acceptors (Lipinski definition) is 2. The molecule has 0 bridgehead atoms. The largest absolute Gasteiger partial charge is 1.00 e. The van der Waals surface area contributed by atoms with Crippen LogP contribution in [0.25, 0.3) is 5.69 Å². The fourth-order valence-corrected chi connectivity index (χ4v) is 2.12. The standard InChI is InChI=1S/C13H9ClF2NO2.ClH/c1-7-2-3-10(14)17(5-7)8-4-9-13(19-6-18-9)12(16)11(8)15;/h2-5H,6H2,1H3;1H/q+1;/p-1. The van der Waals surface area contributed by atoms with Gasteiger partial charge in [0.05, 0.1) is 6.07 Å². The molecule has 0 amide bonds. The Labute approximate surface area is 125 Å². The van der Waals surface area contributed by atoms with Crippen LogP contribution in [-0.2, 0) is 0 Å². The van der Waals surface area contributed by atoms with E-state index in [1.54, 1.807) is 18.3 Å². The number of fused-ring (bicyclic) bond motifs is 1. The number of benzene rings is 1. The van der Waals surface area contributed by atoms with Gasteiger partial charge in [0.15, 0.2) is 11.9 Å². The Morgan fingerprint density at radius 2 is 1.95 bits per heavy atom. The maximum Gasteiger partial charge on any atom is 0.280 e. The van der Waals surface area contributed by atoms with Gasteiger partial charge in [-0.15, -0.1) is 4.57 Å². The van der Waals surface area contributed by atoms with Gasteiger partial charge in [0.1, 0.15) is 0 Å². The highest BCUT2D eigenvalue weighted by molar-refractivity contribution is 6.28. The van der Waals surface area contributed by atoms with Gasteiger partial charge >= 0.3 is 0 Å². The number of ether oxygens (including phenoxy) is 2. The predicted molar refractivity (Wildman–Crippen MR) is 63.8 cm³/mol. The fourth-order valence-electron chi connectivity index (χ4n) is 1.92. The van der Waals surface area contributed by atoms with Crippen LogP contribution in [0.4, 0.5) is 8.78 Å². The summed E-state index contributed by atoms with van der Waals surface area (Å²) in [6.07, 6.45) is 1.61. The lowest BCUT2D eigenvalue weighted by atomic mass is 10.2. The van der Waals surface area contributed by atoms with Crippen LogP contribution < -0.4 is 26.4 Å². The number of halogens is 4. The first kappa shape index (κ1) is 14.8. The van der Waals surface area contributed by atoms with Crippen molar-refractivity contribution in [3.63, 3.8) is 0 Å². The zero-order chi connectivity index (χ0) is 13.6. The molecule has 2 aromatic rings. The van der Waals surface area contributed by atoms with Crippen molar-refractivity contribution in [3.05, 3.63) is 46.7 Å². The molecule has 0 unspecified atom stereocenters. The van der Waals surface area contributed by atoms with Crippen LogP contribution in [0.5, 0.6) is 11.5 Å². The maximum absolute atomic E-state index is 14.1. The summed E-state index contributed by atoms with van der Waals surface area (Å²) in [5.74, 6) is -2.14. The molecule has 0 saturated heterocycles. The van der Waals surface area contributed by atoms with Crippen molar-refractivity contribution in [2.24, 2.45) is 0 Å². The zero-order valence-electron chi connectivity index (χ0n) is 10.3. The highest BCUT2D eigenvalue weighted by Crippen LogP contribution is 2.37. The average molecular weight is 320 g/mol. The minimum Gasteiger partial charge on any atom is -1.00 e. The molecular formula is C13H9Cl2F2NO2. The van der Waals surface area contributed by atoms with Gasteiger partial charge in [-0.3, -0.25) is 0 Å². The van der Waals surface area contributed by atoms with Gasteiger partial charge in [0.25, 0.3) is 10.8 Å². The Bertz CT molecular complexity index is 680. The Hall–Kier alpha value is -1.59. The molecule has 0 saturated carbocycles. The second kappa shape index (κ2) is 5.42. The lowest BCUT2D eigenvalue weighted by Crippen LogP contribution is -3.00. The molecule has 7 heteroatoms. The molecule has 1 aromatic heterocycles. The Balaban J connectivity index is 0.00000147. The second-order valence-corrected chi connectivity index (χ2v) is 4.54. The number of rotatable bonds is 1. The van der Waals surface area contributed by atoms with E-state index >= 15 is 0 Å². The summed E-state index contributed by atoms with van der Waals surface area (Å²) < 4.78 is 39.2. The van der Waals surface area contributed by atoms with E-state index in [1.807, 2.05) is 6.92 Å². The van der Waals surface area contributed by atoms with E-state index in [4.69, 9.17) is 21.1 Å². The summed E-state index contributed by atoms with van der Waals surface area (Å²) in [5, 5.41) is 0.266. The summed E-state index contributed by atoms with van der Waals surface area (Å²) >= 11 is 6.01. The van der Waals surface area contributed by atoms with E-state index in [9.17, 15) is 8.78 Å². The smallest absolute Gasteiger partial charge is 0.280 e. The molecule has 0 aliphatic carbocycles. The van der Waals surface area contributed by atoms with Gasteiger partial charge in [-0.05, 0) is 24.6 Å². The van der Waals surface area contributed by atoms with Crippen molar-refractivity contribution < 1.29 is 35.2 Å². The van der Waals surface area contributed by atoms with E-state index in [2.05, 4.69) is 0 Å². The molecule has 0 fully saturated rings. The molecule has 0 N–H and O–H groups in total. The van der Waals surface area contributed by atoms with Crippen molar-refractivity contribution in [1.29, 1.82) is 0 Å². The molecule has 3 rings (SSSR count). The third-order valence-corrected chi connectivity index (χ3v) is 3.14. The molecule has 1 aliphatic rings. The number of pyridine rings is 1. The van der Waals surface area contributed by atoms with Crippen LogP contribution in [0, 0.1) is 18.6 Å². The highest BCUT2D eigenvalue weighted by Gasteiger charge is 2.30. The van der Waals surface area contributed by atoms with E-state index in [-0.39, 0.29) is 41.5 Å². The molecular weight excluding hydrogens is 311 g/mol. The molecule has 20 heavy (non-hydrogen) atoms. The Morgan fingerprint density at radius 3 is 2.70 bits per heavy atom. The minimum atomic E-state index is -1.07. The fraction of sp³-hybridized carbons (Fsp3) is 0.154. The monoisotopic (exact) mass is 319 g/mol. The lowest BCUT2D eigenvalue weighted by molar-refractivity contribution is -0.595. The number of nitrogens with zero attached hydrogens (tertiary/aromatic N) is 1. The van der Waals surface area contributed by atoms with Gasteiger partial charge in [0, 0.05) is 11.6 Å². The third kappa shape index (κ3) is 2.27. The first-order valence-corrected chi connectivity index (χ1v) is 5.91. The van der Waals surface area contributed by atoms with Gasteiger partial charge in [-0.25, -0.2) is 0 Å². The summed E-state index contributed by atoms with van der Waals surface area (Å²) in [4.78, 5) is 0. The van der Waals surface area contributed by atoms with Crippen LogP contribution in [0.3, 0.4) is 0 Å². The molecule has 0 radical (unpaired) electrons. The van der Waals surface area contributed by atoms with Crippen LogP contribution in [0.1, 0.15) is 5.56 Å². The van der Waals surface area contributed by atoms with E-state index < -0.39 is 11.6 Å². The van der Waals surface area contributed by atoms with Crippen LogP contribution in [0.15, 0.2) is 24.4 Å². The second-order valence-electron chi connectivity index (χ2n) is 4.16. The molecule has 1 aliphatic heterocycles. The molecule has 1 aromatic carbocycles. The quantitative estimate of drug-likeness (QED) is 0.542. The number of hydrogen-bond donors (Lipinski definition) is 0. The average Bonchev–Trinajstić information content (AvgIpc) is 2.85. The topological polar surface area (TPSA) is 22.3 Å². The van der Waals surface area contributed by atoms with Gasteiger partial charge in [-0.1, -0.05) is 0 Å². The van der Waals surface area contributed by atoms with Crippen molar-refractivity contribution in [3.8, 4) is 17.2 Å². The molecule has 3 nitrogen and oxygen atoms in total. The molecule has 0 atom stereocenters. The van der Waals surface area contributed by atoms with Crippen LogP contribution >= 0.6 is 11.6 Å². The van der Waals surface area contributed by atoms with Gasteiger partial charge < -0.3 is 21.9 Å². The van der Waals surface area contributed by atoms with Crippen molar-refractivity contribution in [1.82, 2.24) is 0 Å². The summed E-state index contributed by atoms with van der Waals surface area (Å²) in [6.45, 7) is 1.70. The number of aryl methyl sites for hydroxylation is 1. The van der Waals surface area contributed by atoms with Crippen LogP contribution in [-0.4, -0.2) is 6.79 Å². The molecule has 0 spiro atoms. The summed E-state index contributed by atoms with van der Waals surface area (Å²) in [6, 6.07) is 4.75. The number of aromatic nitrogens is 1. The maximum atomic E-state index is 14.1. The van der Waals surface area contributed by atoms with E-state index in [1.165, 1.54) is 10.6 Å². The predicted octanol–water partition coefficient (Wildman–Crippen LogP) is -0.0640. The van der Waals surface area contributed by atoms with Crippen molar-refractivity contribution >= 4 is 11.6 Å². The van der Waals surface area contributed by atoms with E-state index in [0.717, 1.165) is 5.56 Å². The van der Waals surface area contributed by atoms with Gasteiger partial charge in [0.2, 0.25) is 24.2 Å². The first-order valence-electron chi connectivity index (χ1n) is 5.53. The lowest BCUT2D eigenvalue weighted by Gasteiger charge is -2.04.